The normalized spacial score (nSPS) is 23.3. The van der Waals surface area contributed by atoms with E-state index in [4.69, 9.17) is 5.11 Å². The molecule has 1 heterocycles. The van der Waals surface area contributed by atoms with Gasteiger partial charge in [0.15, 0.2) is 6.04 Å². The molecule has 110 valence electrons. The molecule has 1 fully saturated rings. The van der Waals surface area contributed by atoms with E-state index in [2.05, 4.69) is 5.32 Å². The third kappa shape index (κ3) is 4.36. The Morgan fingerprint density at radius 3 is 2.58 bits per heavy atom. The van der Waals surface area contributed by atoms with Crippen molar-refractivity contribution >= 4 is 12.0 Å². The first-order valence-electron chi connectivity index (χ1n) is 6.56. The standard InChI is InChI=1S/C12H22N2O5/c1-8(16)10(11(17)18)13-12(19)14-6-4-2-3-5-9(14)7-15/h8-10,15-16H,2-7H2,1H3,(H,13,19)(H,17,18). The number of hydrogen-bond donors (Lipinski definition) is 4. The Labute approximate surface area is 112 Å². The van der Waals surface area contributed by atoms with Gasteiger partial charge in [-0.1, -0.05) is 12.8 Å². The second-order valence-corrected chi connectivity index (χ2v) is 4.89. The second-order valence-electron chi connectivity index (χ2n) is 4.89. The number of likely N-dealkylation sites (tertiary alicyclic amines) is 1. The number of carboxylic acids is 1. The van der Waals surface area contributed by atoms with E-state index in [0.717, 1.165) is 19.3 Å². The van der Waals surface area contributed by atoms with Gasteiger partial charge in [-0.15, -0.1) is 0 Å². The first-order valence-corrected chi connectivity index (χ1v) is 6.56. The molecule has 1 aliphatic heterocycles. The molecule has 0 spiro atoms. The third-order valence-electron chi connectivity index (χ3n) is 3.38. The molecule has 1 saturated heterocycles. The minimum absolute atomic E-state index is 0.139. The molecule has 19 heavy (non-hydrogen) atoms. The fraction of sp³-hybridized carbons (Fsp3) is 0.833. The highest BCUT2D eigenvalue weighted by Gasteiger charge is 2.30. The molecule has 3 unspecified atom stereocenters. The maximum Gasteiger partial charge on any atom is 0.328 e. The monoisotopic (exact) mass is 274 g/mol. The number of aliphatic carboxylic acids is 1. The topological polar surface area (TPSA) is 110 Å². The summed E-state index contributed by atoms with van der Waals surface area (Å²) in [6.07, 6.45) is 2.28. The van der Waals surface area contributed by atoms with Crippen molar-refractivity contribution in [2.45, 2.75) is 50.8 Å². The van der Waals surface area contributed by atoms with E-state index in [1.807, 2.05) is 0 Å². The Hall–Kier alpha value is -1.34. The van der Waals surface area contributed by atoms with Crippen molar-refractivity contribution in [3.63, 3.8) is 0 Å². The largest absolute Gasteiger partial charge is 0.480 e. The molecule has 0 bridgehead atoms. The molecule has 2 amide bonds. The summed E-state index contributed by atoms with van der Waals surface area (Å²) in [5, 5.41) is 29.9. The SMILES string of the molecule is CC(O)C(NC(=O)N1CCCCCC1CO)C(=O)O. The molecule has 0 aromatic heterocycles. The molecule has 7 nitrogen and oxygen atoms in total. The fourth-order valence-electron chi connectivity index (χ4n) is 2.24. The zero-order valence-corrected chi connectivity index (χ0v) is 11.1. The van der Waals surface area contributed by atoms with Crippen LogP contribution in [-0.2, 0) is 4.79 Å². The Bertz CT molecular complexity index is 321. The molecule has 1 aliphatic rings. The Morgan fingerprint density at radius 2 is 2.05 bits per heavy atom. The lowest BCUT2D eigenvalue weighted by Crippen LogP contribution is -2.55. The number of aliphatic hydroxyl groups is 2. The average Bonchev–Trinajstić information content (AvgIpc) is 2.59. The summed E-state index contributed by atoms with van der Waals surface area (Å²) in [7, 11) is 0. The average molecular weight is 274 g/mol. The van der Waals surface area contributed by atoms with E-state index in [9.17, 15) is 19.8 Å². The van der Waals surface area contributed by atoms with Crippen LogP contribution in [0.2, 0.25) is 0 Å². The van der Waals surface area contributed by atoms with Gasteiger partial charge in [0.25, 0.3) is 0 Å². The van der Waals surface area contributed by atoms with Gasteiger partial charge >= 0.3 is 12.0 Å². The van der Waals surface area contributed by atoms with Crippen molar-refractivity contribution in [2.75, 3.05) is 13.2 Å². The predicted octanol–water partition coefficient (Wildman–Crippen LogP) is -0.233. The highest BCUT2D eigenvalue weighted by Crippen LogP contribution is 2.16. The molecular formula is C12H22N2O5. The van der Waals surface area contributed by atoms with Crippen molar-refractivity contribution in [1.82, 2.24) is 10.2 Å². The number of aliphatic hydroxyl groups excluding tert-OH is 2. The Balaban J connectivity index is 2.70. The Kier molecular flexibility index (Phi) is 6.04. The molecule has 3 atom stereocenters. The van der Waals surface area contributed by atoms with Crippen LogP contribution in [0.1, 0.15) is 32.6 Å². The lowest BCUT2D eigenvalue weighted by Gasteiger charge is -2.30. The van der Waals surface area contributed by atoms with Gasteiger partial charge in [-0.05, 0) is 19.8 Å². The van der Waals surface area contributed by atoms with Gasteiger partial charge in [0, 0.05) is 6.54 Å². The van der Waals surface area contributed by atoms with Gasteiger partial charge in [0.05, 0.1) is 18.8 Å². The van der Waals surface area contributed by atoms with Crippen LogP contribution in [0, 0.1) is 0 Å². The molecule has 0 aliphatic carbocycles. The van der Waals surface area contributed by atoms with E-state index in [1.165, 1.54) is 11.8 Å². The van der Waals surface area contributed by atoms with E-state index in [1.54, 1.807) is 0 Å². The van der Waals surface area contributed by atoms with Gasteiger partial charge in [-0.2, -0.15) is 0 Å². The number of carbonyl (C=O) groups is 2. The third-order valence-corrected chi connectivity index (χ3v) is 3.38. The van der Waals surface area contributed by atoms with Gasteiger partial charge in [0.2, 0.25) is 0 Å². The first-order chi connectivity index (χ1) is 8.97. The highest BCUT2D eigenvalue weighted by molar-refractivity contribution is 5.83. The summed E-state index contributed by atoms with van der Waals surface area (Å²) in [5.41, 5.74) is 0. The number of carboxylic acid groups (broad SMARTS) is 1. The van der Waals surface area contributed by atoms with Gasteiger partial charge in [-0.3, -0.25) is 0 Å². The number of urea groups is 1. The van der Waals surface area contributed by atoms with Crippen LogP contribution >= 0.6 is 0 Å². The molecule has 1 rings (SSSR count). The highest BCUT2D eigenvalue weighted by atomic mass is 16.4. The van der Waals surface area contributed by atoms with Crippen molar-refractivity contribution in [3.8, 4) is 0 Å². The lowest BCUT2D eigenvalue weighted by molar-refractivity contribution is -0.141. The number of hydrogen-bond acceptors (Lipinski definition) is 4. The first kappa shape index (κ1) is 15.7. The predicted molar refractivity (Wildman–Crippen MR) is 67.7 cm³/mol. The van der Waals surface area contributed by atoms with Gasteiger partial charge < -0.3 is 25.5 Å². The van der Waals surface area contributed by atoms with E-state index in [0.29, 0.717) is 13.0 Å². The van der Waals surface area contributed by atoms with Crippen LogP contribution in [0.3, 0.4) is 0 Å². The summed E-state index contributed by atoms with van der Waals surface area (Å²) in [4.78, 5) is 24.5. The zero-order valence-electron chi connectivity index (χ0n) is 11.1. The summed E-state index contributed by atoms with van der Waals surface area (Å²) >= 11 is 0. The number of carbonyl (C=O) groups excluding carboxylic acids is 1. The smallest absolute Gasteiger partial charge is 0.328 e. The van der Waals surface area contributed by atoms with Crippen LogP contribution in [0.25, 0.3) is 0 Å². The second kappa shape index (κ2) is 7.30. The summed E-state index contributed by atoms with van der Waals surface area (Å²) in [6.45, 7) is 1.66. The van der Waals surface area contributed by atoms with E-state index in [-0.39, 0.29) is 12.6 Å². The van der Waals surface area contributed by atoms with Crippen LogP contribution < -0.4 is 5.32 Å². The number of nitrogens with zero attached hydrogens (tertiary/aromatic N) is 1. The minimum atomic E-state index is -1.34. The minimum Gasteiger partial charge on any atom is -0.480 e. The molecular weight excluding hydrogens is 252 g/mol. The zero-order chi connectivity index (χ0) is 14.4. The van der Waals surface area contributed by atoms with Crippen LogP contribution in [0.15, 0.2) is 0 Å². The maximum absolute atomic E-state index is 12.1. The van der Waals surface area contributed by atoms with Crippen LogP contribution in [0.4, 0.5) is 4.79 Å². The van der Waals surface area contributed by atoms with E-state index >= 15 is 0 Å². The van der Waals surface area contributed by atoms with Crippen molar-refractivity contribution in [1.29, 1.82) is 0 Å². The maximum atomic E-state index is 12.1. The molecule has 0 aromatic rings. The molecule has 0 saturated carbocycles. The molecule has 7 heteroatoms. The van der Waals surface area contributed by atoms with Crippen LogP contribution in [0.5, 0.6) is 0 Å². The van der Waals surface area contributed by atoms with Gasteiger partial charge in [-0.25, -0.2) is 9.59 Å². The summed E-state index contributed by atoms with van der Waals surface area (Å²) in [6, 6.07) is -2.17. The summed E-state index contributed by atoms with van der Waals surface area (Å²) < 4.78 is 0. The molecule has 4 N–H and O–H groups in total. The van der Waals surface area contributed by atoms with Crippen molar-refractivity contribution in [3.05, 3.63) is 0 Å². The number of nitrogens with one attached hydrogen (secondary N) is 1. The van der Waals surface area contributed by atoms with Crippen molar-refractivity contribution in [2.24, 2.45) is 0 Å². The fourth-order valence-corrected chi connectivity index (χ4v) is 2.24. The van der Waals surface area contributed by atoms with Gasteiger partial charge in [0.1, 0.15) is 0 Å². The molecule has 0 radical (unpaired) electrons. The number of rotatable bonds is 4. The quantitative estimate of drug-likeness (QED) is 0.566. The Morgan fingerprint density at radius 1 is 1.37 bits per heavy atom. The van der Waals surface area contributed by atoms with Crippen LogP contribution in [-0.4, -0.2) is 63.6 Å². The van der Waals surface area contributed by atoms with Crippen molar-refractivity contribution < 1.29 is 24.9 Å². The summed E-state index contributed by atoms with van der Waals surface area (Å²) in [5.74, 6) is -1.28. The van der Waals surface area contributed by atoms with E-state index < -0.39 is 24.1 Å². The lowest BCUT2D eigenvalue weighted by atomic mass is 10.1. The number of amides is 2. The molecule has 0 aromatic carbocycles.